The van der Waals surface area contributed by atoms with Gasteiger partial charge in [0.1, 0.15) is 0 Å². The Bertz CT molecular complexity index is 1680. The third-order valence-corrected chi connectivity index (χ3v) is 6.91. The number of hydrogen-bond donors (Lipinski definition) is 1. The maximum Gasteiger partial charge on any atom is 0.0597 e. The van der Waals surface area contributed by atoms with Crippen molar-refractivity contribution in [3.63, 3.8) is 0 Å². The summed E-state index contributed by atoms with van der Waals surface area (Å²) in [5.74, 6) is 0. The number of rotatable bonds is 1. The summed E-state index contributed by atoms with van der Waals surface area (Å²) in [5, 5.41) is 6.43. The molecule has 1 nitrogen and oxygen atoms in total. The van der Waals surface area contributed by atoms with Crippen molar-refractivity contribution < 1.29 is 4.11 Å². The zero-order chi connectivity index (χ0) is 22.0. The summed E-state index contributed by atoms with van der Waals surface area (Å²) >= 11 is 1.69. The Morgan fingerprint density at radius 3 is 2.28 bits per heavy atom. The third-order valence-electron chi connectivity index (χ3n) is 5.71. The summed E-state index contributed by atoms with van der Waals surface area (Å²) < 4.78 is 26.3. The third kappa shape index (κ3) is 2.33. The second-order valence-electron chi connectivity index (χ2n) is 7.38. The highest BCUT2D eigenvalue weighted by atomic mass is 32.1. The van der Waals surface area contributed by atoms with Crippen molar-refractivity contribution in [2.24, 2.45) is 0 Å². The zero-order valence-corrected chi connectivity index (χ0v) is 16.4. The van der Waals surface area contributed by atoms with Crippen LogP contribution in [0.1, 0.15) is 9.68 Å². The molecule has 0 saturated heterocycles. The Kier molecular flexibility index (Phi) is 2.88. The molecule has 0 amide bonds. The standard InChI is InChI=1S/C27H19NS/c1-16-14-17-8-2-3-9-18(17)22(15-16)24-19-10-4-5-11-20(19)25-21-12-6-7-13-23(21)29-27(25)26(24)28/h2-15H,28H2,1H3/i1D3. The van der Waals surface area contributed by atoms with Gasteiger partial charge in [-0.25, -0.2) is 0 Å². The van der Waals surface area contributed by atoms with Gasteiger partial charge in [-0.15, -0.1) is 11.3 Å². The van der Waals surface area contributed by atoms with Crippen LogP contribution in [0.5, 0.6) is 0 Å². The normalized spacial score (nSPS) is 13.7. The van der Waals surface area contributed by atoms with Crippen LogP contribution in [0.2, 0.25) is 0 Å². The maximum absolute atomic E-state index is 8.03. The van der Waals surface area contributed by atoms with Gasteiger partial charge in [0.15, 0.2) is 0 Å². The Morgan fingerprint density at radius 1 is 0.759 bits per heavy atom. The van der Waals surface area contributed by atoms with Crippen LogP contribution >= 0.6 is 11.3 Å². The molecule has 6 rings (SSSR count). The molecule has 0 radical (unpaired) electrons. The van der Waals surface area contributed by atoms with Gasteiger partial charge < -0.3 is 5.73 Å². The van der Waals surface area contributed by atoms with Gasteiger partial charge in [-0.2, -0.15) is 0 Å². The van der Waals surface area contributed by atoms with Gasteiger partial charge in [-0.1, -0.05) is 78.9 Å². The monoisotopic (exact) mass is 392 g/mol. The predicted octanol–water partition coefficient (Wildman–Crippen LogP) is 7.92. The lowest BCUT2D eigenvalue weighted by Gasteiger charge is -2.16. The Balaban J connectivity index is 1.85. The van der Waals surface area contributed by atoms with E-state index in [1.807, 2.05) is 42.5 Å². The summed E-state index contributed by atoms with van der Waals surface area (Å²) in [5.41, 5.74) is 9.70. The molecule has 0 aliphatic rings. The Hall–Kier alpha value is -3.36. The van der Waals surface area contributed by atoms with Gasteiger partial charge in [0.2, 0.25) is 0 Å². The van der Waals surface area contributed by atoms with Gasteiger partial charge in [0, 0.05) is 25.1 Å². The average molecular weight is 393 g/mol. The average Bonchev–Trinajstić information content (AvgIpc) is 3.19. The van der Waals surface area contributed by atoms with E-state index in [1.165, 1.54) is 15.5 Å². The molecule has 0 fully saturated rings. The largest absolute Gasteiger partial charge is 0.397 e. The second kappa shape index (κ2) is 6.07. The first-order chi connectivity index (χ1) is 15.4. The van der Waals surface area contributed by atoms with Crippen LogP contribution in [0, 0.1) is 6.85 Å². The quantitative estimate of drug-likeness (QED) is 0.283. The first-order valence-corrected chi connectivity index (χ1v) is 10.4. The van der Waals surface area contributed by atoms with Gasteiger partial charge >= 0.3 is 0 Å². The highest BCUT2D eigenvalue weighted by Crippen LogP contribution is 2.48. The molecule has 2 N–H and O–H groups in total. The van der Waals surface area contributed by atoms with Crippen molar-refractivity contribution in [3.8, 4) is 11.1 Å². The van der Waals surface area contributed by atoms with Crippen LogP contribution < -0.4 is 5.73 Å². The van der Waals surface area contributed by atoms with E-state index >= 15 is 0 Å². The van der Waals surface area contributed by atoms with E-state index in [9.17, 15) is 0 Å². The number of aryl methyl sites for hydroxylation is 1. The molecule has 5 aromatic carbocycles. The molecule has 138 valence electrons. The minimum Gasteiger partial charge on any atom is -0.397 e. The summed E-state index contributed by atoms with van der Waals surface area (Å²) in [6.07, 6.45) is 0. The van der Waals surface area contributed by atoms with Crippen LogP contribution in [0.15, 0.2) is 84.9 Å². The summed E-state index contributed by atoms with van der Waals surface area (Å²) in [6.45, 7) is -2.20. The first kappa shape index (κ1) is 13.8. The predicted molar refractivity (Wildman–Crippen MR) is 129 cm³/mol. The Morgan fingerprint density at radius 2 is 1.45 bits per heavy atom. The van der Waals surface area contributed by atoms with Crippen LogP contribution in [0.3, 0.4) is 0 Å². The van der Waals surface area contributed by atoms with Crippen molar-refractivity contribution in [2.45, 2.75) is 6.85 Å². The number of hydrogen-bond acceptors (Lipinski definition) is 2. The smallest absolute Gasteiger partial charge is 0.0597 e. The number of nitrogen functional groups attached to an aromatic ring is 1. The maximum atomic E-state index is 8.03. The SMILES string of the molecule is [2H]C([2H])([2H])c1cc(-c2c(N)c3sc4ccccc4c3c3ccccc23)c2ccccc2c1. The lowest BCUT2D eigenvalue weighted by atomic mass is 9.89. The molecular weight excluding hydrogens is 370 g/mol. The van der Waals surface area contributed by atoms with Gasteiger partial charge in [-0.05, 0) is 45.6 Å². The number of anilines is 1. The van der Waals surface area contributed by atoms with Crippen molar-refractivity contribution >= 4 is 58.7 Å². The van der Waals surface area contributed by atoms with Crippen LogP contribution in [0.4, 0.5) is 5.69 Å². The fourth-order valence-electron chi connectivity index (χ4n) is 4.49. The number of benzene rings is 5. The first-order valence-electron chi connectivity index (χ1n) is 11.1. The minimum atomic E-state index is -2.20. The molecule has 0 saturated carbocycles. The van der Waals surface area contributed by atoms with E-state index in [0.29, 0.717) is 11.3 Å². The molecule has 6 aromatic rings. The molecule has 0 bridgehead atoms. The van der Waals surface area contributed by atoms with E-state index in [1.54, 1.807) is 23.5 Å². The lowest BCUT2D eigenvalue weighted by molar-refractivity contribution is 1.50. The molecule has 29 heavy (non-hydrogen) atoms. The number of nitrogens with two attached hydrogens (primary N) is 1. The highest BCUT2D eigenvalue weighted by molar-refractivity contribution is 7.26. The zero-order valence-electron chi connectivity index (χ0n) is 18.6. The van der Waals surface area contributed by atoms with Crippen LogP contribution in [0.25, 0.3) is 52.8 Å². The summed E-state index contributed by atoms with van der Waals surface area (Å²) in [7, 11) is 0. The molecule has 1 aromatic heterocycles. The Labute approximate surface area is 177 Å². The molecule has 0 atom stereocenters. The van der Waals surface area contributed by atoms with E-state index in [4.69, 9.17) is 9.85 Å². The summed E-state index contributed by atoms with van der Waals surface area (Å²) in [4.78, 5) is 0. The van der Waals surface area contributed by atoms with Gasteiger partial charge in [-0.3, -0.25) is 0 Å². The minimum absolute atomic E-state index is 0.325. The van der Waals surface area contributed by atoms with Gasteiger partial charge in [0.25, 0.3) is 0 Å². The van der Waals surface area contributed by atoms with Crippen molar-refractivity contribution in [3.05, 3.63) is 90.5 Å². The van der Waals surface area contributed by atoms with Gasteiger partial charge in [0.05, 0.1) is 10.4 Å². The number of thiophene rings is 1. The van der Waals surface area contributed by atoms with Crippen molar-refractivity contribution in [1.82, 2.24) is 0 Å². The van der Waals surface area contributed by atoms with Crippen LogP contribution in [-0.4, -0.2) is 0 Å². The van der Waals surface area contributed by atoms with E-state index in [0.717, 1.165) is 37.4 Å². The topological polar surface area (TPSA) is 26.0 Å². The molecule has 0 aliphatic heterocycles. The van der Waals surface area contributed by atoms with E-state index in [2.05, 4.69) is 30.3 Å². The molecule has 0 unspecified atom stereocenters. The molecule has 0 aliphatic carbocycles. The van der Waals surface area contributed by atoms with Crippen LogP contribution in [-0.2, 0) is 0 Å². The molecule has 2 heteroatoms. The van der Waals surface area contributed by atoms with E-state index < -0.39 is 6.85 Å². The lowest BCUT2D eigenvalue weighted by Crippen LogP contribution is -1.94. The fraction of sp³-hybridized carbons (Fsp3) is 0.0370. The second-order valence-corrected chi connectivity index (χ2v) is 8.43. The summed E-state index contributed by atoms with van der Waals surface area (Å²) in [6, 6.07) is 28.1. The highest BCUT2D eigenvalue weighted by Gasteiger charge is 2.19. The molecule has 0 spiro atoms. The molecule has 1 heterocycles. The van der Waals surface area contributed by atoms with Crippen molar-refractivity contribution in [2.75, 3.05) is 5.73 Å². The fourth-order valence-corrected chi connectivity index (χ4v) is 5.67. The molecular formula is C27H19NS. The van der Waals surface area contributed by atoms with E-state index in [-0.39, 0.29) is 0 Å². The number of fused-ring (bicyclic) bond motifs is 6. The van der Waals surface area contributed by atoms with Crippen molar-refractivity contribution in [1.29, 1.82) is 0 Å².